The van der Waals surface area contributed by atoms with E-state index >= 15 is 0 Å². The van der Waals surface area contributed by atoms with Crippen LogP contribution in [0, 0.1) is 0 Å². The fourth-order valence-corrected chi connectivity index (χ4v) is 3.76. The number of carbonyl (C=O) groups is 3. The first-order valence-corrected chi connectivity index (χ1v) is 10.4. The Balaban J connectivity index is 1.59. The zero-order valence-corrected chi connectivity index (χ0v) is 17.6. The molecule has 0 aliphatic heterocycles. The number of hydrogen-bond donors (Lipinski definition) is 3. The van der Waals surface area contributed by atoms with E-state index in [4.69, 9.17) is 9.84 Å². The molecular weight excluding hydrogens is 438 g/mol. The molecule has 10 heteroatoms. The van der Waals surface area contributed by atoms with Crippen LogP contribution in [-0.2, 0) is 19.1 Å². The minimum atomic E-state index is -2.97. The zero-order chi connectivity index (χ0) is 23.8. The number of amides is 2. The van der Waals surface area contributed by atoms with E-state index in [0.717, 1.165) is 22.3 Å². The van der Waals surface area contributed by atoms with E-state index in [0.29, 0.717) is 0 Å². The van der Waals surface area contributed by atoms with E-state index in [1.54, 1.807) is 0 Å². The summed E-state index contributed by atoms with van der Waals surface area (Å²) >= 11 is 0. The van der Waals surface area contributed by atoms with Crippen molar-refractivity contribution in [1.29, 1.82) is 0 Å². The second-order valence-electron chi connectivity index (χ2n) is 7.38. The Morgan fingerprint density at radius 1 is 1.00 bits per heavy atom. The largest absolute Gasteiger partial charge is 0.481 e. The number of fused-ring (bicyclic) bond motifs is 3. The average Bonchev–Trinajstić information content (AvgIpc) is 3.11. The van der Waals surface area contributed by atoms with Crippen LogP contribution >= 0.6 is 0 Å². The summed E-state index contributed by atoms with van der Waals surface area (Å²) < 4.78 is 33.5. The molecule has 176 valence electrons. The summed E-state index contributed by atoms with van der Waals surface area (Å²) in [7, 11) is 0. The lowest BCUT2D eigenvalue weighted by Gasteiger charge is -2.19. The fraction of sp³-hybridized carbons (Fsp3) is 0.348. The Hall–Kier alpha value is -3.53. The van der Waals surface area contributed by atoms with E-state index in [-0.39, 0.29) is 31.9 Å². The van der Waals surface area contributed by atoms with E-state index in [1.165, 1.54) is 0 Å². The molecule has 0 aromatic heterocycles. The Morgan fingerprint density at radius 2 is 1.61 bits per heavy atom. The van der Waals surface area contributed by atoms with Crippen LogP contribution in [0.25, 0.3) is 11.1 Å². The first-order chi connectivity index (χ1) is 15.9. The molecule has 3 N–H and O–H groups in total. The third-order valence-corrected chi connectivity index (χ3v) is 5.24. The molecule has 3 rings (SSSR count). The van der Waals surface area contributed by atoms with Gasteiger partial charge in [0.05, 0.1) is 6.61 Å². The number of halogens is 2. The quantitative estimate of drug-likeness (QED) is 0.442. The molecule has 2 amide bonds. The summed E-state index contributed by atoms with van der Waals surface area (Å²) in [5, 5.41) is 13.6. The molecule has 0 saturated heterocycles. The summed E-state index contributed by atoms with van der Waals surface area (Å²) in [5.41, 5.74) is 4.16. The topological polar surface area (TPSA) is 114 Å². The Bertz CT molecular complexity index is 955. The van der Waals surface area contributed by atoms with E-state index < -0.39 is 37.2 Å². The number of benzene rings is 2. The van der Waals surface area contributed by atoms with Crippen molar-refractivity contribution in [3.63, 3.8) is 0 Å². The first-order valence-electron chi connectivity index (χ1n) is 10.4. The minimum absolute atomic E-state index is 0.0232. The molecule has 1 atom stereocenters. The van der Waals surface area contributed by atoms with Crippen molar-refractivity contribution in [2.24, 2.45) is 0 Å². The highest BCUT2D eigenvalue weighted by Crippen LogP contribution is 2.44. The summed E-state index contributed by atoms with van der Waals surface area (Å²) in [4.78, 5) is 35.6. The lowest BCUT2D eigenvalue weighted by Crippen LogP contribution is -2.48. The van der Waals surface area contributed by atoms with Crippen LogP contribution in [0.3, 0.4) is 0 Å². The number of rotatable bonds is 11. The van der Waals surface area contributed by atoms with Crippen LogP contribution < -0.4 is 10.6 Å². The van der Waals surface area contributed by atoms with Gasteiger partial charge in [0, 0.05) is 18.9 Å². The molecule has 8 nitrogen and oxygen atoms in total. The maximum Gasteiger partial charge on any atom is 0.407 e. The van der Waals surface area contributed by atoms with Crippen molar-refractivity contribution in [2.45, 2.75) is 31.4 Å². The van der Waals surface area contributed by atoms with Gasteiger partial charge in [0.25, 0.3) is 0 Å². The van der Waals surface area contributed by atoms with Gasteiger partial charge in [-0.15, -0.1) is 0 Å². The van der Waals surface area contributed by atoms with Gasteiger partial charge < -0.3 is 25.2 Å². The number of aliphatic carboxylic acids is 1. The lowest BCUT2D eigenvalue weighted by atomic mass is 9.98. The SMILES string of the molecule is O=C(O)CCC(NC(=O)OCC1c2ccccc2-c2ccccc21)C(=O)NCCOC(F)F. The first kappa shape index (κ1) is 24.1. The van der Waals surface area contributed by atoms with Crippen LogP contribution in [0.15, 0.2) is 48.5 Å². The van der Waals surface area contributed by atoms with Crippen molar-refractivity contribution in [1.82, 2.24) is 10.6 Å². The molecule has 33 heavy (non-hydrogen) atoms. The lowest BCUT2D eigenvalue weighted by molar-refractivity contribution is -0.137. The molecule has 0 heterocycles. The van der Waals surface area contributed by atoms with Crippen LogP contribution in [-0.4, -0.2) is 55.5 Å². The third-order valence-electron chi connectivity index (χ3n) is 5.24. The number of ether oxygens (including phenoxy) is 2. The number of alkyl halides is 2. The van der Waals surface area contributed by atoms with Gasteiger partial charge in [-0.05, 0) is 28.7 Å². The zero-order valence-electron chi connectivity index (χ0n) is 17.6. The summed E-state index contributed by atoms with van der Waals surface area (Å²) in [6, 6.07) is 14.4. The van der Waals surface area contributed by atoms with Crippen molar-refractivity contribution in [3.05, 3.63) is 59.7 Å². The fourth-order valence-electron chi connectivity index (χ4n) is 3.76. The molecule has 1 aliphatic carbocycles. The number of carbonyl (C=O) groups excluding carboxylic acids is 2. The molecule has 0 radical (unpaired) electrons. The van der Waals surface area contributed by atoms with Crippen LogP contribution in [0.2, 0.25) is 0 Å². The van der Waals surface area contributed by atoms with E-state index in [2.05, 4.69) is 15.4 Å². The molecule has 2 aromatic carbocycles. The smallest absolute Gasteiger partial charge is 0.407 e. The van der Waals surface area contributed by atoms with Gasteiger partial charge in [0.15, 0.2) is 0 Å². The van der Waals surface area contributed by atoms with Gasteiger partial charge in [-0.2, -0.15) is 8.78 Å². The Labute approximate surface area is 188 Å². The monoisotopic (exact) mass is 462 g/mol. The number of hydrogen-bond acceptors (Lipinski definition) is 5. The number of carboxylic acids is 1. The molecule has 2 aromatic rings. The van der Waals surface area contributed by atoms with Gasteiger partial charge >= 0.3 is 18.7 Å². The summed E-state index contributed by atoms with van der Waals surface area (Å²) in [6.45, 7) is -3.60. The molecule has 0 saturated carbocycles. The maximum absolute atomic E-state index is 12.4. The molecule has 0 spiro atoms. The molecule has 1 aliphatic rings. The number of alkyl carbamates (subject to hydrolysis) is 1. The Kier molecular flexibility index (Phi) is 8.31. The highest BCUT2D eigenvalue weighted by atomic mass is 19.3. The molecule has 0 fully saturated rings. The van der Waals surface area contributed by atoms with Gasteiger partial charge in [0.1, 0.15) is 12.6 Å². The second kappa shape index (κ2) is 11.4. The predicted molar refractivity (Wildman–Crippen MR) is 114 cm³/mol. The summed E-state index contributed by atoms with van der Waals surface area (Å²) in [6.07, 6.45) is -1.46. The van der Waals surface area contributed by atoms with Gasteiger partial charge in [0.2, 0.25) is 5.91 Å². The van der Waals surface area contributed by atoms with Gasteiger partial charge in [-0.25, -0.2) is 4.79 Å². The van der Waals surface area contributed by atoms with Crippen LogP contribution in [0.4, 0.5) is 13.6 Å². The third kappa shape index (κ3) is 6.48. The van der Waals surface area contributed by atoms with E-state index in [9.17, 15) is 23.2 Å². The van der Waals surface area contributed by atoms with E-state index in [1.807, 2.05) is 48.5 Å². The molecule has 0 bridgehead atoms. The van der Waals surface area contributed by atoms with Crippen molar-refractivity contribution < 1.29 is 37.7 Å². The van der Waals surface area contributed by atoms with Crippen molar-refractivity contribution in [3.8, 4) is 11.1 Å². The average molecular weight is 462 g/mol. The number of nitrogens with one attached hydrogen (secondary N) is 2. The van der Waals surface area contributed by atoms with Crippen molar-refractivity contribution in [2.75, 3.05) is 19.8 Å². The number of carboxylic acid groups (broad SMARTS) is 1. The highest BCUT2D eigenvalue weighted by Gasteiger charge is 2.30. The summed E-state index contributed by atoms with van der Waals surface area (Å²) in [5.74, 6) is -2.05. The van der Waals surface area contributed by atoms with Gasteiger partial charge in [-0.3, -0.25) is 9.59 Å². The minimum Gasteiger partial charge on any atom is -0.481 e. The van der Waals surface area contributed by atoms with Crippen LogP contribution in [0.1, 0.15) is 29.9 Å². The second-order valence-corrected chi connectivity index (χ2v) is 7.38. The maximum atomic E-state index is 12.4. The standard InChI is InChI=1S/C23H24F2N2O6/c24-22(25)32-12-11-26-21(30)19(9-10-20(28)29)27-23(31)33-13-18-16-7-3-1-5-14(16)15-6-2-4-8-17(15)18/h1-8,18-19,22H,9-13H2,(H,26,30)(H,27,31)(H,28,29). The van der Waals surface area contributed by atoms with Gasteiger partial charge in [-0.1, -0.05) is 48.5 Å². The predicted octanol–water partition coefficient (Wildman–Crippen LogP) is 3.11. The Morgan fingerprint density at radius 3 is 2.18 bits per heavy atom. The van der Waals surface area contributed by atoms with Crippen LogP contribution in [0.5, 0.6) is 0 Å². The molecular formula is C23H24F2N2O6. The van der Waals surface area contributed by atoms with Crippen molar-refractivity contribution >= 4 is 18.0 Å². The normalized spacial score (nSPS) is 13.2. The highest BCUT2D eigenvalue weighted by molar-refractivity contribution is 5.86. The molecule has 1 unspecified atom stereocenters.